The molecule has 0 aromatic heterocycles. The maximum atomic E-state index is 11.2. The van der Waals surface area contributed by atoms with E-state index in [1.165, 1.54) is 13.2 Å². The molecule has 5 heteroatoms. The Labute approximate surface area is 105 Å². The van der Waals surface area contributed by atoms with Gasteiger partial charge in [-0.25, -0.2) is 4.79 Å². The molecule has 1 fully saturated rings. The summed E-state index contributed by atoms with van der Waals surface area (Å²) in [6.07, 6.45) is 1.74. The van der Waals surface area contributed by atoms with Gasteiger partial charge in [-0.3, -0.25) is 0 Å². The first-order valence-electron chi connectivity index (χ1n) is 5.86. The third-order valence-electron chi connectivity index (χ3n) is 2.83. The first-order chi connectivity index (χ1) is 8.70. The molecule has 1 aromatic carbocycles. The topological polar surface area (TPSA) is 65.0 Å². The Morgan fingerprint density at radius 2 is 2.33 bits per heavy atom. The minimum absolute atomic E-state index is 0.0785. The molecule has 0 aliphatic carbocycles. The molecule has 2 rings (SSSR count). The highest BCUT2D eigenvalue weighted by Crippen LogP contribution is 2.26. The van der Waals surface area contributed by atoms with Gasteiger partial charge in [-0.1, -0.05) is 0 Å². The van der Waals surface area contributed by atoms with Crippen LogP contribution >= 0.6 is 0 Å². The second-order valence-corrected chi connectivity index (χ2v) is 4.12. The number of carboxylic acids is 1. The van der Waals surface area contributed by atoms with Gasteiger partial charge in [0.25, 0.3) is 0 Å². The summed E-state index contributed by atoms with van der Waals surface area (Å²) in [5.74, 6) is -0.168. The molecule has 0 saturated carbocycles. The van der Waals surface area contributed by atoms with E-state index in [9.17, 15) is 4.79 Å². The lowest BCUT2D eigenvalue weighted by Crippen LogP contribution is -2.28. The van der Waals surface area contributed by atoms with Gasteiger partial charge in [0.1, 0.15) is 23.2 Å². The van der Waals surface area contributed by atoms with Crippen LogP contribution in [0, 0.1) is 0 Å². The lowest BCUT2D eigenvalue weighted by atomic mass is 10.1. The fraction of sp³-hybridized carbons (Fsp3) is 0.462. The molecule has 18 heavy (non-hydrogen) atoms. The lowest BCUT2D eigenvalue weighted by molar-refractivity contribution is 0.00676. The number of aromatic carboxylic acids is 1. The molecule has 98 valence electrons. The lowest BCUT2D eigenvalue weighted by Gasteiger charge is -2.24. The third-order valence-corrected chi connectivity index (χ3v) is 2.83. The summed E-state index contributed by atoms with van der Waals surface area (Å²) in [6.45, 7) is 1.25. The summed E-state index contributed by atoms with van der Waals surface area (Å²) in [4.78, 5) is 11.2. The average molecular weight is 252 g/mol. The third kappa shape index (κ3) is 2.92. The monoisotopic (exact) mass is 252 g/mol. The van der Waals surface area contributed by atoms with Crippen LogP contribution in [-0.2, 0) is 4.74 Å². The fourth-order valence-electron chi connectivity index (χ4n) is 1.89. The largest absolute Gasteiger partial charge is 0.497 e. The van der Waals surface area contributed by atoms with Crippen molar-refractivity contribution >= 4 is 5.97 Å². The number of carbonyl (C=O) groups is 1. The number of hydrogen-bond acceptors (Lipinski definition) is 4. The van der Waals surface area contributed by atoms with E-state index in [0.29, 0.717) is 18.1 Å². The van der Waals surface area contributed by atoms with Crippen LogP contribution in [0.15, 0.2) is 18.2 Å². The van der Waals surface area contributed by atoms with Gasteiger partial charge in [0.05, 0.1) is 13.7 Å². The molecule has 1 aliphatic heterocycles. The Kier molecular flexibility index (Phi) is 4.04. The maximum Gasteiger partial charge on any atom is 0.339 e. The van der Waals surface area contributed by atoms with Gasteiger partial charge in [0, 0.05) is 6.61 Å². The summed E-state index contributed by atoms with van der Waals surface area (Å²) in [5, 5.41) is 9.15. The Morgan fingerprint density at radius 3 is 2.94 bits per heavy atom. The Balaban J connectivity index is 2.17. The van der Waals surface area contributed by atoms with Crippen molar-refractivity contribution in [2.45, 2.75) is 18.9 Å². The van der Waals surface area contributed by atoms with E-state index < -0.39 is 5.97 Å². The number of ether oxygens (including phenoxy) is 3. The summed E-state index contributed by atoms with van der Waals surface area (Å²) >= 11 is 0. The van der Waals surface area contributed by atoms with Crippen molar-refractivity contribution in [1.29, 1.82) is 0 Å². The Morgan fingerprint density at radius 1 is 1.50 bits per heavy atom. The van der Waals surface area contributed by atoms with Crippen LogP contribution in [0.25, 0.3) is 0 Å². The summed E-state index contributed by atoms with van der Waals surface area (Å²) < 4.78 is 16.0. The normalized spacial score (nSPS) is 19.3. The average Bonchev–Trinajstić information content (AvgIpc) is 2.40. The molecule has 0 radical (unpaired) electrons. The van der Waals surface area contributed by atoms with Gasteiger partial charge in [-0.05, 0) is 31.0 Å². The van der Waals surface area contributed by atoms with E-state index >= 15 is 0 Å². The molecule has 1 saturated heterocycles. The van der Waals surface area contributed by atoms with Crippen LogP contribution in [0.1, 0.15) is 23.2 Å². The minimum atomic E-state index is -1.03. The molecule has 0 bridgehead atoms. The standard InChI is InChI=1S/C13H16O5/c1-16-9-4-5-12(11(7-9)13(14)15)18-10-3-2-6-17-8-10/h4-5,7,10H,2-3,6,8H2,1H3,(H,14,15). The van der Waals surface area contributed by atoms with Crippen LogP contribution < -0.4 is 9.47 Å². The van der Waals surface area contributed by atoms with Crippen molar-refractivity contribution in [3.8, 4) is 11.5 Å². The van der Waals surface area contributed by atoms with Gasteiger partial charge in [-0.2, -0.15) is 0 Å². The zero-order chi connectivity index (χ0) is 13.0. The zero-order valence-electron chi connectivity index (χ0n) is 10.2. The van der Waals surface area contributed by atoms with Gasteiger partial charge in [-0.15, -0.1) is 0 Å². The maximum absolute atomic E-state index is 11.2. The number of rotatable bonds is 4. The van der Waals surface area contributed by atoms with E-state index in [2.05, 4.69) is 0 Å². The van der Waals surface area contributed by atoms with Crippen LogP contribution in [0.4, 0.5) is 0 Å². The summed E-state index contributed by atoms with van der Waals surface area (Å²) in [6, 6.07) is 4.77. The van der Waals surface area contributed by atoms with E-state index in [0.717, 1.165) is 19.4 Å². The molecule has 1 unspecified atom stereocenters. The van der Waals surface area contributed by atoms with Gasteiger partial charge >= 0.3 is 5.97 Å². The van der Waals surface area contributed by atoms with Crippen molar-refractivity contribution in [3.05, 3.63) is 23.8 Å². The van der Waals surface area contributed by atoms with Crippen molar-refractivity contribution in [2.75, 3.05) is 20.3 Å². The molecule has 0 amide bonds. The van der Waals surface area contributed by atoms with E-state index in [1.807, 2.05) is 0 Å². The van der Waals surface area contributed by atoms with Gasteiger partial charge < -0.3 is 19.3 Å². The van der Waals surface area contributed by atoms with E-state index in [-0.39, 0.29) is 11.7 Å². The molecular weight excluding hydrogens is 236 g/mol. The van der Waals surface area contributed by atoms with Crippen molar-refractivity contribution in [2.24, 2.45) is 0 Å². The first-order valence-corrected chi connectivity index (χ1v) is 5.86. The second-order valence-electron chi connectivity index (χ2n) is 4.12. The van der Waals surface area contributed by atoms with Crippen molar-refractivity contribution in [1.82, 2.24) is 0 Å². The molecule has 1 aromatic rings. The predicted octanol–water partition coefficient (Wildman–Crippen LogP) is 1.95. The predicted molar refractivity (Wildman–Crippen MR) is 64.4 cm³/mol. The summed E-state index contributed by atoms with van der Waals surface area (Å²) in [5.41, 5.74) is 0.111. The van der Waals surface area contributed by atoms with Crippen molar-refractivity contribution in [3.63, 3.8) is 0 Å². The summed E-state index contributed by atoms with van der Waals surface area (Å²) in [7, 11) is 1.50. The molecule has 0 spiro atoms. The van der Waals surface area contributed by atoms with E-state index in [1.54, 1.807) is 12.1 Å². The Bertz CT molecular complexity index is 423. The van der Waals surface area contributed by atoms with Crippen LogP contribution in [0.5, 0.6) is 11.5 Å². The highest BCUT2D eigenvalue weighted by Gasteiger charge is 2.19. The quantitative estimate of drug-likeness (QED) is 0.887. The zero-order valence-corrected chi connectivity index (χ0v) is 10.2. The number of carboxylic acid groups (broad SMARTS) is 1. The Hall–Kier alpha value is -1.75. The second kappa shape index (κ2) is 5.73. The number of hydrogen-bond donors (Lipinski definition) is 1. The van der Waals surface area contributed by atoms with Crippen molar-refractivity contribution < 1.29 is 24.1 Å². The minimum Gasteiger partial charge on any atom is -0.497 e. The van der Waals surface area contributed by atoms with Gasteiger partial charge in [0.15, 0.2) is 0 Å². The number of benzene rings is 1. The van der Waals surface area contributed by atoms with Crippen LogP contribution in [0.3, 0.4) is 0 Å². The smallest absolute Gasteiger partial charge is 0.339 e. The molecular formula is C13H16O5. The number of methoxy groups -OCH3 is 1. The highest BCUT2D eigenvalue weighted by molar-refractivity contribution is 5.91. The SMILES string of the molecule is COc1ccc(OC2CCCOC2)c(C(=O)O)c1. The first kappa shape index (κ1) is 12.7. The fourth-order valence-corrected chi connectivity index (χ4v) is 1.89. The molecule has 1 N–H and O–H groups in total. The van der Waals surface area contributed by atoms with Crippen LogP contribution in [0.2, 0.25) is 0 Å². The van der Waals surface area contributed by atoms with Crippen LogP contribution in [-0.4, -0.2) is 37.5 Å². The van der Waals surface area contributed by atoms with E-state index in [4.69, 9.17) is 19.3 Å². The van der Waals surface area contributed by atoms with Gasteiger partial charge in [0.2, 0.25) is 0 Å². The highest BCUT2D eigenvalue weighted by atomic mass is 16.5. The molecule has 1 heterocycles. The molecule has 1 atom stereocenters. The molecule has 1 aliphatic rings. The molecule has 5 nitrogen and oxygen atoms in total.